The Morgan fingerprint density at radius 1 is 1.41 bits per heavy atom. The fourth-order valence-corrected chi connectivity index (χ4v) is 2.95. The van der Waals surface area contributed by atoms with Crippen LogP contribution in [-0.2, 0) is 16.1 Å². The van der Waals surface area contributed by atoms with Crippen molar-refractivity contribution in [3.8, 4) is 5.75 Å². The number of carboxylic acids is 1. The van der Waals surface area contributed by atoms with Gasteiger partial charge in [-0.2, -0.15) is 0 Å². The van der Waals surface area contributed by atoms with E-state index < -0.39 is 17.9 Å². The van der Waals surface area contributed by atoms with Crippen LogP contribution < -0.4 is 10.1 Å². The topological polar surface area (TPSA) is 97.8 Å². The lowest BCUT2D eigenvalue weighted by Crippen LogP contribution is -2.44. The number of ether oxygens (including phenoxy) is 2. The number of nitrogens with zero attached hydrogens (tertiary/aromatic N) is 1. The predicted molar refractivity (Wildman–Crippen MR) is 97.5 cm³/mol. The summed E-state index contributed by atoms with van der Waals surface area (Å²) in [6, 6.07) is 4.36. The number of aromatic nitrogens is 1. The Bertz CT molecular complexity index is 807. The third-order valence-electron chi connectivity index (χ3n) is 3.35. The quantitative estimate of drug-likeness (QED) is 0.475. The van der Waals surface area contributed by atoms with Crippen LogP contribution in [0.4, 0.5) is 4.39 Å². The first-order chi connectivity index (χ1) is 12.9. The molecule has 27 heavy (non-hydrogen) atoms. The van der Waals surface area contributed by atoms with E-state index in [1.165, 1.54) is 30.3 Å². The smallest absolute Gasteiger partial charge is 0.328 e. The Hall–Kier alpha value is -2.78. The Morgan fingerprint density at radius 2 is 2.11 bits per heavy atom. The molecule has 9 heteroatoms. The molecule has 0 saturated heterocycles. The average molecular weight is 394 g/mol. The van der Waals surface area contributed by atoms with Crippen molar-refractivity contribution in [2.75, 3.05) is 13.2 Å². The lowest BCUT2D eigenvalue weighted by molar-refractivity contribution is -0.140. The van der Waals surface area contributed by atoms with Crippen molar-refractivity contribution in [3.05, 3.63) is 58.3 Å². The molecule has 1 atom stereocenters. The highest BCUT2D eigenvalue weighted by Crippen LogP contribution is 2.20. The molecular weight excluding hydrogens is 375 g/mol. The molecule has 1 aromatic heterocycles. The molecule has 1 aromatic carbocycles. The number of carboxylic acid groups (broad SMARTS) is 1. The van der Waals surface area contributed by atoms with Crippen molar-refractivity contribution in [2.24, 2.45) is 0 Å². The van der Waals surface area contributed by atoms with Crippen LogP contribution in [0.15, 0.2) is 36.9 Å². The van der Waals surface area contributed by atoms with Crippen LogP contribution >= 0.6 is 11.3 Å². The molecular formula is C18H19FN2O5S. The van der Waals surface area contributed by atoms with E-state index >= 15 is 0 Å². The van der Waals surface area contributed by atoms with E-state index in [9.17, 15) is 19.1 Å². The zero-order chi connectivity index (χ0) is 19.8. The van der Waals surface area contributed by atoms with Gasteiger partial charge >= 0.3 is 5.97 Å². The first-order valence-corrected chi connectivity index (χ1v) is 8.79. The highest BCUT2D eigenvalue weighted by atomic mass is 32.1. The second kappa shape index (κ2) is 9.79. The van der Waals surface area contributed by atoms with E-state index in [-0.39, 0.29) is 25.6 Å². The van der Waals surface area contributed by atoms with Crippen molar-refractivity contribution >= 4 is 23.2 Å². The number of benzene rings is 1. The van der Waals surface area contributed by atoms with E-state index in [0.717, 1.165) is 11.3 Å². The first kappa shape index (κ1) is 20.5. The minimum absolute atomic E-state index is 0.106. The summed E-state index contributed by atoms with van der Waals surface area (Å²) >= 11 is 1.10. The van der Waals surface area contributed by atoms with Gasteiger partial charge in [0.15, 0.2) is 6.04 Å². The predicted octanol–water partition coefficient (Wildman–Crippen LogP) is 2.56. The summed E-state index contributed by atoms with van der Waals surface area (Å²) in [7, 11) is 0. The Morgan fingerprint density at radius 3 is 2.74 bits per heavy atom. The van der Waals surface area contributed by atoms with Crippen LogP contribution in [0, 0.1) is 12.7 Å². The minimum Gasteiger partial charge on any atom is -0.486 e. The number of rotatable bonds is 10. The lowest BCUT2D eigenvalue weighted by atomic mass is 10.3. The van der Waals surface area contributed by atoms with Crippen molar-refractivity contribution in [2.45, 2.75) is 19.6 Å². The summed E-state index contributed by atoms with van der Waals surface area (Å²) in [5.74, 6) is -1.64. The number of aryl methyl sites for hydroxylation is 1. The van der Waals surface area contributed by atoms with Gasteiger partial charge in [0.1, 0.15) is 28.1 Å². The lowest BCUT2D eigenvalue weighted by Gasteiger charge is -2.13. The van der Waals surface area contributed by atoms with E-state index in [4.69, 9.17) is 9.47 Å². The summed E-state index contributed by atoms with van der Waals surface area (Å²) in [5, 5.41) is 12.1. The van der Waals surface area contributed by atoms with Crippen LogP contribution in [0.25, 0.3) is 0 Å². The van der Waals surface area contributed by atoms with Gasteiger partial charge in [-0.25, -0.2) is 14.2 Å². The molecule has 0 radical (unpaired) electrons. The minimum atomic E-state index is -1.20. The Balaban J connectivity index is 1.98. The Labute approximate surface area is 159 Å². The molecule has 0 saturated carbocycles. The highest BCUT2D eigenvalue weighted by Gasteiger charge is 2.23. The monoisotopic (exact) mass is 394 g/mol. The average Bonchev–Trinajstić information content (AvgIpc) is 3.01. The number of hydrogen-bond donors (Lipinski definition) is 2. The van der Waals surface area contributed by atoms with E-state index in [2.05, 4.69) is 16.9 Å². The van der Waals surface area contributed by atoms with Gasteiger partial charge < -0.3 is 19.9 Å². The molecule has 0 bridgehead atoms. The van der Waals surface area contributed by atoms with Gasteiger partial charge in [0.05, 0.1) is 18.9 Å². The number of aliphatic carboxylic acids is 1. The summed E-state index contributed by atoms with van der Waals surface area (Å²) in [5.41, 5.74) is 0.464. The molecule has 1 amide bonds. The molecule has 0 aliphatic rings. The van der Waals surface area contributed by atoms with E-state index in [0.29, 0.717) is 21.3 Å². The van der Waals surface area contributed by atoms with Crippen molar-refractivity contribution in [3.63, 3.8) is 0 Å². The highest BCUT2D eigenvalue weighted by molar-refractivity contribution is 7.13. The summed E-state index contributed by atoms with van der Waals surface area (Å²) in [6.07, 6.45) is 1.49. The molecule has 1 heterocycles. The number of thiazole rings is 1. The zero-order valence-corrected chi connectivity index (χ0v) is 15.4. The first-order valence-electron chi connectivity index (χ1n) is 7.97. The fraction of sp³-hybridized carbons (Fsp3) is 0.278. The van der Waals surface area contributed by atoms with Gasteiger partial charge in [0.2, 0.25) is 0 Å². The van der Waals surface area contributed by atoms with Gasteiger partial charge in [0.25, 0.3) is 5.91 Å². The molecule has 0 aliphatic carbocycles. The van der Waals surface area contributed by atoms with Gasteiger partial charge in [-0.05, 0) is 31.2 Å². The molecule has 0 aliphatic heterocycles. The summed E-state index contributed by atoms with van der Waals surface area (Å²) in [6.45, 7) is 5.24. The van der Waals surface area contributed by atoms with Crippen LogP contribution in [0.5, 0.6) is 5.75 Å². The number of nitrogens with one attached hydrogen (secondary N) is 1. The van der Waals surface area contributed by atoms with Crippen molar-refractivity contribution < 1.29 is 28.6 Å². The maximum Gasteiger partial charge on any atom is 0.328 e. The van der Waals surface area contributed by atoms with Crippen LogP contribution in [-0.4, -0.2) is 41.2 Å². The molecule has 7 nitrogen and oxygen atoms in total. The number of hydrogen-bond acceptors (Lipinski definition) is 6. The van der Waals surface area contributed by atoms with E-state index in [1.54, 1.807) is 6.92 Å². The number of halogens is 1. The second-order valence-electron chi connectivity index (χ2n) is 5.46. The third kappa shape index (κ3) is 6.15. The third-order valence-corrected chi connectivity index (χ3v) is 4.48. The maximum atomic E-state index is 12.9. The zero-order valence-electron chi connectivity index (χ0n) is 14.6. The maximum absolute atomic E-state index is 12.9. The normalized spacial score (nSPS) is 11.6. The molecule has 1 unspecified atom stereocenters. The van der Waals surface area contributed by atoms with Crippen molar-refractivity contribution in [1.82, 2.24) is 10.3 Å². The summed E-state index contributed by atoms with van der Waals surface area (Å²) < 4.78 is 23.5. The second-order valence-corrected chi connectivity index (χ2v) is 6.54. The molecule has 2 aromatic rings. The molecule has 2 rings (SSSR count). The van der Waals surface area contributed by atoms with Gasteiger partial charge in [-0.3, -0.25) is 4.79 Å². The largest absolute Gasteiger partial charge is 0.486 e. The Kier molecular flexibility index (Phi) is 7.44. The number of carbonyl (C=O) groups is 2. The van der Waals surface area contributed by atoms with Gasteiger partial charge in [-0.15, -0.1) is 17.9 Å². The van der Waals surface area contributed by atoms with Gasteiger partial charge in [0, 0.05) is 0 Å². The van der Waals surface area contributed by atoms with Gasteiger partial charge in [-0.1, -0.05) is 6.08 Å². The molecule has 2 N–H and O–H groups in total. The molecule has 0 spiro atoms. The molecule has 144 valence electrons. The number of amides is 1. The van der Waals surface area contributed by atoms with Crippen LogP contribution in [0.3, 0.4) is 0 Å². The van der Waals surface area contributed by atoms with Crippen molar-refractivity contribution in [1.29, 1.82) is 0 Å². The van der Waals surface area contributed by atoms with Crippen LogP contribution in [0.1, 0.15) is 20.4 Å². The SMILES string of the molecule is C=CCOCC(NC(=O)c1sc(COc2ccc(F)cc2)nc1C)C(=O)O. The van der Waals surface area contributed by atoms with Crippen LogP contribution in [0.2, 0.25) is 0 Å². The van der Waals surface area contributed by atoms with E-state index in [1.807, 2.05) is 0 Å². The summed E-state index contributed by atoms with van der Waals surface area (Å²) in [4.78, 5) is 28.2. The molecule has 0 fully saturated rings. The fourth-order valence-electron chi connectivity index (χ4n) is 2.07. The standard InChI is InChI=1S/C18H19FN2O5S/c1-3-8-25-9-14(18(23)24)21-17(22)16-11(2)20-15(27-16)10-26-13-6-4-12(19)5-7-13/h3-7,14H,1,8-10H2,2H3,(H,21,22)(H,23,24). The number of carbonyl (C=O) groups excluding carboxylic acids is 1.